The number of anilines is 3. The molecule has 6 aromatic carbocycles. The standard InChI is InChI=1S/C42H31NO/c1-4-12-30(13-5-1)31-20-22-32(23-21-31)33-24-26-36(27-25-33)43(35-16-8-3-9-17-35)40-29-42-39(37-18-10-11-19-41(37)44-42)28-38(40)34-14-6-2-7-15-34/h1-10,12-18,20-29H,11,19H2. The number of aryl methyl sites for hydroxylation is 1. The summed E-state index contributed by atoms with van der Waals surface area (Å²) in [6.07, 6.45) is 6.43. The zero-order chi connectivity index (χ0) is 29.3. The van der Waals surface area contributed by atoms with E-state index in [-0.39, 0.29) is 0 Å². The highest BCUT2D eigenvalue weighted by atomic mass is 16.3. The summed E-state index contributed by atoms with van der Waals surface area (Å²) in [5.41, 5.74) is 12.6. The average Bonchev–Trinajstić information content (AvgIpc) is 3.47. The highest BCUT2D eigenvalue weighted by Crippen LogP contribution is 2.45. The zero-order valence-corrected chi connectivity index (χ0v) is 24.4. The molecule has 0 spiro atoms. The summed E-state index contributed by atoms with van der Waals surface area (Å²) in [6, 6.07) is 54.1. The fraction of sp³-hybridized carbons (Fsp3) is 0.0476. The molecule has 0 N–H and O–H groups in total. The third kappa shape index (κ3) is 4.81. The van der Waals surface area contributed by atoms with Crippen LogP contribution in [0, 0.1) is 0 Å². The molecule has 1 aromatic heterocycles. The number of benzene rings is 6. The maximum atomic E-state index is 6.48. The van der Waals surface area contributed by atoms with Gasteiger partial charge in [-0.1, -0.05) is 127 Å². The predicted octanol–water partition coefficient (Wildman–Crippen LogP) is 11.9. The van der Waals surface area contributed by atoms with Crippen molar-refractivity contribution in [3.8, 4) is 33.4 Å². The van der Waals surface area contributed by atoms with Crippen LogP contribution in [0.5, 0.6) is 0 Å². The van der Waals surface area contributed by atoms with Crippen molar-refractivity contribution in [2.45, 2.75) is 12.8 Å². The van der Waals surface area contributed by atoms with Crippen molar-refractivity contribution in [1.82, 2.24) is 0 Å². The van der Waals surface area contributed by atoms with E-state index in [0.29, 0.717) is 0 Å². The van der Waals surface area contributed by atoms with E-state index in [1.165, 1.54) is 44.3 Å². The average molecular weight is 566 g/mol. The summed E-state index contributed by atoms with van der Waals surface area (Å²) >= 11 is 0. The number of furan rings is 1. The minimum absolute atomic E-state index is 0.923. The van der Waals surface area contributed by atoms with Gasteiger partial charge in [0.2, 0.25) is 0 Å². The van der Waals surface area contributed by atoms with Gasteiger partial charge in [0, 0.05) is 40.4 Å². The van der Waals surface area contributed by atoms with Crippen molar-refractivity contribution in [3.63, 3.8) is 0 Å². The lowest BCUT2D eigenvalue weighted by Gasteiger charge is -2.28. The van der Waals surface area contributed by atoms with Gasteiger partial charge in [-0.2, -0.15) is 0 Å². The molecule has 7 aromatic rings. The molecule has 0 saturated carbocycles. The number of allylic oxidation sites excluding steroid dienone is 1. The van der Waals surface area contributed by atoms with E-state index in [4.69, 9.17) is 4.42 Å². The van der Waals surface area contributed by atoms with Crippen molar-refractivity contribution < 1.29 is 4.42 Å². The smallest absolute Gasteiger partial charge is 0.137 e. The largest absolute Gasteiger partial charge is 0.460 e. The first-order valence-electron chi connectivity index (χ1n) is 15.2. The van der Waals surface area contributed by atoms with Crippen LogP contribution in [0.4, 0.5) is 17.1 Å². The van der Waals surface area contributed by atoms with Gasteiger partial charge in [0.25, 0.3) is 0 Å². The van der Waals surface area contributed by atoms with Gasteiger partial charge in [0.05, 0.1) is 5.69 Å². The fourth-order valence-electron chi connectivity index (χ4n) is 6.31. The molecule has 8 rings (SSSR count). The summed E-state index contributed by atoms with van der Waals surface area (Å²) in [6.45, 7) is 0. The molecule has 0 radical (unpaired) electrons. The van der Waals surface area contributed by atoms with E-state index in [2.05, 4.69) is 169 Å². The molecule has 0 atom stereocenters. The van der Waals surface area contributed by atoms with Crippen molar-refractivity contribution >= 4 is 34.1 Å². The quantitative estimate of drug-likeness (QED) is 0.199. The van der Waals surface area contributed by atoms with Crippen molar-refractivity contribution in [1.29, 1.82) is 0 Å². The molecule has 0 bridgehead atoms. The lowest BCUT2D eigenvalue weighted by molar-refractivity contribution is 0.546. The van der Waals surface area contributed by atoms with Gasteiger partial charge >= 0.3 is 0 Å². The van der Waals surface area contributed by atoms with Crippen LogP contribution in [0.1, 0.15) is 17.7 Å². The number of rotatable bonds is 6. The molecule has 0 aliphatic heterocycles. The molecule has 0 saturated heterocycles. The molecular weight excluding hydrogens is 534 g/mol. The van der Waals surface area contributed by atoms with Crippen molar-refractivity contribution in [2.75, 3.05) is 4.90 Å². The number of hydrogen-bond acceptors (Lipinski definition) is 2. The molecule has 1 aliphatic rings. The van der Waals surface area contributed by atoms with Crippen LogP contribution in [0.15, 0.2) is 162 Å². The molecular formula is C42H31NO. The zero-order valence-electron chi connectivity index (χ0n) is 24.4. The van der Waals surface area contributed by atoms with Crippen LogP contribution in [-0.2, 0) is 6.42 Å². The first-order chi connectivity index (χ1) is 21.8. The number of nitrogens with zero attached hydrogens (tertiary/aromatic N) is 1. The molecule has 44 heavy (non-hydrogen) atoms. The van der Waals surface area contributed by atoms with Crippen LogP contribution >= 0.6 is 0 Å². The monoisotopic (exact) mass is 565 g/mol. The summed E-state index contributed by atoms with van der Waals surface area (Å²) in [5, 5.41) is 1.17. The minimum Gasteiger partial charge on any atom is -0.460 e. The van der Waals surface area contributed by atoms with Gasteiger partial charge < -0.3 is 9.32 Å². The van der Waals surface area contributed by atoms with Gasteiger partial charge in [0.1, 0.15) is 11.3 Å². The molecule has 0 amide bonds. The first kappa shape index (κ1) is 26.1. The number of para-hydroxylation sites is 1. The first-order valence-corrected chi connectivity index (χ1v) is 15.2. The summed E-state index contributed by atoms with van der Waals surface area (Å²) in [4.78, 5) is 2.35. The SMILES string of the molecule is C1=Cc2c(oc3cc(N(c4ccccc4)c4ccc(-c5ccc(-c6ccccc6)cc5)cc4)c(-c4ccccc4)cc23)CC1. The Kier molecular flexibility index (Phi) is 6.66. The Morgan fingerprint density at radius 3 is 1.66 bits per heavy atom. The van der Waals surface area contributed by atoms with Crippen molar-refractivity contribution in [3.05, 3.63) is 169 Å². The Morgan fingerprint density at radius 2 is 1.02 bits per heavy atom. The Bertz CT molecular complexity index is 2070. The van der Waals surface area contributed by atoms with E-state index in [9.17, 15) is 0 Å². The Balaban J connectivity index is 1.25. The normalized spacial score (nSPS) is 12.3. The van der Waals surface area contributed by atoms with Crippen LogP contribution in [0.2, 0.25) is 0 Å². The third-order valence-electron chi connectivity index (χ3n) is 8.54. The van der Waals surface area contributed by atoms with Gasteiger partial charge in [-0.15, -0.1) is 0 Å². The van der Waals surface area contributed by atoms with Gasteiger partial charge in [-0.05, 0) is 64.6 Å². The van der Waals surface area contributed by atoms with Gasteiger partial charge in [0.15, 0.2) is 0 Å². The second kappa shape index (κ2) is 11.2. The maximum absolute atomic E-state index is 6.48. The second-order valence-corrected chi connectivity index (χ2v) is 11.3. The van der Waals surface area contributed by atoms with Gasteiger partial charge in [-0.3, -0.25) is 0 Å². The summed E-state index contributed by atoms with van der Waals surface area (Å²) in [5.74, 6) is 1.08. The molecule has 1 aliphatic carbocycles. The van der Waals surface area contributed by atoms with Crippen LogP contribution in [0.25, 0.3) is 50.4 Å². The van der Waals surface area contributed by atoms with Crippen molar-refractivity contribution in [2.24, 2.45) is 0 Å². The van der Waals surface area contributed by atoms with E-state index in [1.807, 2.05) is 0 Å². The van der Waals surface area contributed by atoms with Crippen LogP contribution in [0.3, 0.4) is 0 Å². The molecule has 2 nitrogen and oxygen atoms in total. The Hall–Kier alpha value is -5.60. The third-order valence-corrected chi connectivity index (χ3v) is 8.54. The van der Waals surface area contributed by atoms with E-state index >= 15 is 0 Å². The van der Waals surface area contributed by atoms with Gasteiger partial charge in [-0.25, -0.2) is 0 Å². The second-order valence-electron chi connectivity index (χ2n) is 11.3. The van der Waals surface area contributed by atoms with Crippen LogP contribution < -0.4 is 4.90 Å². The highest BCUT2D eigenvalue weighted by Gasteiger charge is 2.22. The Labute approximate surface area is 258 Å². The Morgan fingerprint density at radius 1 is 0.500 bits per heavy atom. The van der Waals surface area contributed by atoms with E-state index in [1.54, 1.807) is 0 Å². The number of fused-ring (bicyclic) bond motifs is 3. The van der Waals surface area contributed by atoms with E-state index < -0.39 is 0 Å². The molecule has 210 valence electrons. The fourth-order valence-corrected chi connectivity index (χ4v) is 6.31. The van der Waals surface area contributed by atoms with Crippen LogP contribution in [-0.4, -0.2) is 0 Å². The summed E-state index contributed by atoms with van der Waals surface area (Å²) in [7, 11) is 0. The molecule has 1 heterocycles. The summed E-state index contributed by atoms with van der Waals surface area (Å²) < 4.78 is 6.48. The topological polar surface area (TPSA) is 16.4 Å². The minimum atomic E-state index is 0.923. The lowest BCUT2D eigenvalue weighted by Crippen LogP contribution is -2.11. The maximum Gasteiger partial charge on any atom is 0.137 e. The van der Waals surface area contributed by atoms with E-state index in [0.717, 1.165) is 41.2 Å². The number of hydrogen-bond donors (Lipinski definition) is 0. The molecule has 2 heteroatoms. The predicted molar refractivity (Wildman–Crippen MR) is 185 cm³/mol. The highest BCUT2D eigenvalue weighted by molar-refractivity contribution is 6.00. The molecule has 0 fully saturated rings. The molecule has 0 unspecified atom stereocenters. The lowest BCUT2D eigenvalue weighted by atomic mass is 9.96.